The van der Waals surface area contributed by atoms with Crippen LogP contribution in [0.5, 0.6) is 17.2 Å². The number of hydrogen-bond donors (Lipinski definition) is 2. The number of carbonyl (C=O) groups excluding carboxylic acids is 3. The highest BCUT2D eigenvalue weighted by Gasteiger charge is 2.18. The first kappa shape index (κ1) is 28.1. The molecule has 9 nitrogen and oxygen atoms in total. The molecule has 4 aromatic carbocycles. The van der Waals surface area contributed by atoms with Gasteiger partial charge in [-0.15, -0.1) is 0 Å². The highest BCUT2D eigenvalue weighted by molar-refractivity contribution is 9.11. The Morgan fingerprint density at radius 3 is 2.39 bits per heavy atom. The number of fused-ring (bicyclic) bond motifs is 1. The molecule has 1 heterocycles. The van der Waals surface area contributed by atoms with Crippen molar-refractivity contribution in [3.05, 3.63) is 116 Å². The van der Waals surface area contributed by atoms with E-state index in [9.17, 15) is 14.4 Å². The van der Waals surface area contributed by atoms with Crippen molar-refractivity contribution in [1.82, 2.24) is 5.43 Å². The summed E-state index contributed by atoms with van der Waals surface area (Å²) in [4.78, 5) is 38.2. The van der Waals surface area contributed by atoms with E-state index in [4.69, 9.17) is 14.2 Å². The highest BCUT2D eigenvalue weighted by Crippen LogP contribution is 2.34. The summed E-state index contributed by atoms with van der Waals surface area (Å²) in [5.74, 6) is -0.0995. The van der Waals surface area contributed by atoms with Crippen LogP contribution in [0.4, 0.5) is 5.69 Å². The fourth-order valence-electron chi connectivity index (χ4n) is 3.83. The average molecular weight is 679 g/mol. The Bertz CT molecular complexity index is 1690. The number of hydrogen-bond acceptors (Lipinski definition) is 7. The fraction of sp³-hybridized carbons (Fsp3) is 0.0667. The summed E-state index contributed by atoms with van der Waals surface area (Å²) in [6.45, 7) is 2.04. The van der Waals surface area contributed by atoms with Crippen LogP contribution in [0, 0.1) is 6.92 Å². The molecule has 0 saturated heterocycles. The molecule has 1 aliphatic heterocycles. The van der Waals surface area contributed by atoms with E-state index in [0.29, 0.717) is 42.8 Å². The first-order chi connectivity index (χ1) is 19.8. The van der Waals surface area contributed by atoms with Crippen LogP contribution in [-0.2, 0) is 0 Å². The zero-order valence-corrected chi connectivity index (χ0v) is 24.6. The number of hydrazone groups is 1. The van der Waals surface area contributed by atoms with Crippen molar-refractivity contribution in [1.29, 1.82) is 0 Å². The number of anilines is 1. The second kappa shape index (κ2) is 12.4. The number of ether oxygens (including phenoxy) is 3. The highest BCUT2D eigenvalue weighted by atomic mass is 79.9. The first-order valence-electron chi connectivity index (χ1n) is 12.2. The molecule has 0 atom stereocenters. The van der Waals surface area contributed by atoms with Gasteiger partial charge in [0, 0.05) is 26.9 Å². The van der Waals surface area contributed by atoms with Gasteiger partial charge in [0.1, 0.15) is 0 Å². The first-order valence-corrected chi connectivity index (χ1v) is 13.8. The summed E-state index contributed by atoms with van der Waals surface area (Å²) >= 11 is 6.84. The van der Waals surface area contributed by atoms with Crippen molar-refractivity contribution in [3.8, 4) is 17.2 Å². The van der Waals surface area contributed by atoms with Gasteiger partial charge in [-0.25, -0.2) is 10.2 Å². The van der Waals surface area contributed by atoms with Crippen LogP contribution in [0.1, 0.15) is 42.2 Å². The van der Waals surface area contributed by atoms with E-state index in [2.05, 4.69) is 47.7 Å². The number of aryl methyl sites for hydroxylation is 1. The second-order valence-electron chi connectivity index (χ2n) is 8.86. The molecule has 0 aromatic heterocycles. The van der Waals surface area contributed by atoms with Crippen LogP contribution in [0.2, 0.25) is 0 Å². The molecule has 4 aromatic rings. The Kier molecular flexibility index (Phi) is 8.46. The van der Waals surface area contributed by atoms with E-state index in [0.717, 1.165) is 5.56 Å². The molecule has 0 spiro atoms. The molecule has 2 amide bonds. The summed E-state index contributed by atoms with van der Waals surface area (Å²) in [6.07, 6.45) is 1.37. The maximum Gasteiger partial charge on any atom is 0.343 e. The Balaban J connectivity index is 1.26. The molecule has 0 radical (unpaired) electrons. The van der Waals surface area contributed by atoms with Crippen LogP contribution < -0.4 is 25.0 Å². The number of carbonyl (C=O) groups is 3. The molecular formula is C30H21Br2N3O6. The maximum absolute atomic E-state index is 12.8. The fourth-order valence-corrected chi connectivity index (χ4v) is 5.17. The molecule has 2 N–H and O–H groups in total. The SMILES string of the molecule is Cc1ccc(C(=O)Oc2c(Br)cc(Br)cc2C=NNC(=O)c2cccc(NC(=O)c3ccc4c(c3)OCO4)c2)cc1. The third kappa shape index (κ3) is 6.82. The molecule has 5 rings (SSSR count). The van der Waals surface area contributed by atoms with Crippen molar-refractivity contribution in [2.75, 3.05) is 12.1 Å². The Morgan fingerprint density at radius 2 is 1.59 bits per heavy atom. The summed E-state index contributed by atoms with van der Waals surface area (Å²) in [5, 5.41) is 6.82. The second-order valence-corrected chi connectivity index (χ2v) is 10.6. The van der Waals surface area contributed by atoms with Gasteiger partial charge in [-0.1, -0.05) is 39.7 Å². The molecule has 0 saturated carbocycles. The monoisotopic (exact) mass is 677 g/mol. The standard InChI is InChI=1S/C30H21Br2N3O6/c1-17-5-7-18(8-6-17)30(38)41-27-21(11-22(31)14-24(27)32)15-33-35-29(37)19-3-2-4-23(12-19)34-28(36)20-9-10-25-26(13-20)40-16-39-25/h2-15H,16H2,1H3,(H,34,36)(H,35,37). The smallest absolute Gasteiger partial charge is 0.343 e. The molecule has 0 unspecified atom stereocenters. The number of amides is 2. The minimum atomic E-state index is -0.536. The third-order valence-electron chi connectivity index (χ3n) is 5.91. The van der Waals surface area contributed by atoms with Crippen molar-refractivity contribution in [3.63, 3.8) is 0 Å². The maximum atomic E-state index is 12.8. The van der Waals surface area contributed by atoms with E-state index < -0.39 is 11.9 Å². The van der Waals surface area contributed by atoms with Gasteiger partial charge in [-0.05, 0) is 83.5 Å². The van der Waals surface area contributed by atoms with Gasteiger partial charge in [-0.3, -0.25) is 9.59 Å². The van der Waals surface area contributed by atoms with E-state index in [-0.39, 0.29) is 24.0 Å². The number of benzene rings is 4. The number of nitrogens with one attached hydrogen (secondary N) is 2. The van der Waals surface area contributed by atoms with Crippen LogP contribution in [-0.4, -0.2) is 30.8 Å². The Morgan fingerprint density at radius 1 is 0.854 bits per heavy atom. The lowest BCUT2D eigenvalue weighted by Crippen LogP contribution is -2.18. The van der Waals surface area contributed by atoms with E-state index in [1.807, 2.05) is 19.1 Å². The predicted molar refractivity (Wildman–Crippen MR) is 160 cm³/mol. The van der Waals surface area contributed by atoms with Gasteiger partial charge in [0.05, 0.1) is 16.3 Å². The van der Waals surface area contributed by atoms with Gasteiger partial charge >= 0.3 is 5.97 Å². The summed E-state index contributed by atoms with van der Waals surface area (Å²) < 4.78 is 17.5. The van der Waals surface area contributed by atoms with Crippen molar-refractivity contribution in [2.24, 2.45) is 5.10 Å². The molecule has 11 heteroatoms. The van der Waals surface area contributed by atoms with Gasteiger partial charge in [0.15, 0.2) is 17.2 Å². The third-order valence-corrected chi connectivity index (χ3v) is 6.95. The van der Waals surface area contributed by atoms with Gasteiger partial charge < -0.3 is 19.5 Å². The van der Waals surface area contributed by atoms with Gasteiger partial charge in [-0.2, -0.15) is 5.10 Å². The minimum absolute atomic E-state index is 0.110. The average Bonchev–Trinajstić information content (AvgIpc) is 3.43. The quantitative estimate of drug-likeness (QED) is 0.100. The molecule has 0 bridgehead atoms. The van der Waals surface area contributed by atoms with Crippen LogP contribution >= 0.6 is 31.9 Å². The largest absolute Gasteiger partial charge is 0.454 e. The Hall–Kier alpha value is -4.48. The molecule has 0 aliphatic carbocycles. The summed E-state index contributed by atoms with van der Waals surface area (Å²) in [7, 11) is 0. The van der Waals surface area contributed by atoms with Crippen LogP contribution in [0.15, 0.2) is 92.9 Å². The van der Waals surface area contributed by atoms with Gasteiger partial charge in [0.25, 0.3) is 11.8 Å². The van der Waals surface area contributed by atoms with E-state index in [1.165, 1.54) is 12.3 Å². The van der Waals surface area contributed by atoms with Gasteiger partial charge in [0.2, 0.25) is 6.79 Å². The molecule has 1 aliphatic rings. The Labute approximate surface area is 251 Å². The molecule has 0 fully saturated rings. The lowest BCUT2D eigenvalue weighted by molar-refractivity contribution is 0.0732. The topological polar surface area (TPSA) is 115 Å². The minimum Gasteiger partial charge on any atom is -0.454 e. The van der Waals surface area contributed by atoms with Crippen molar-refractivity contribution in [2.45, 2.75) is 6.92 Å². The number of rotatable bonds is 7. The van der Waals surface area contributed by atoms with Crippen LogP contribution in [0.3, 0.4) is 0 Å². The zero-order chi connectivity index (χ0) is 28.9. The lowest BCUT2D eigenvalue weighted by Gasteiger charge is -2.11. The number of halogens is 2. The predicted octanol–water partition coefficient (Wildman–Crippen LogP) is 6.48. The lowest BCUT2D eigenvalue weighted by atomic mass is 10.1. The zero-order valence-electron chi connectivity index (χ0n) is 21.4. The van der Waals surface area contributed by atoms with E-state index in [1.54, 1.807) is 60.7 Å². The normalized spacial score (nSPS) is 11.8. The number of nitrogens with zero attached hydrogens (tertiary/aromatic N) is 1. The van der Waals surface area contributed by atoms with E-state index >= 15 is 0 Å². The molecule has 41 heavy (non-hydrogen) atoms. The molecule has 206 valence electrons. The summed E-state index contributed by atoms with van der Waals surface area (Å²) in [6, 6.07) is 21.8. The van der Waals surface area contributed by atoms with Crippen LogP contribution in [0.25, 0.3) is 0 Å². The number of esters is 1. The molecular weight excluding hydrogens is 658 g/mol. The van der Waals surface area contributed by atoms with Crippen molar-refractivity contribution >= 4 is 61.5 Å². The summed E-state index contributed by atoms with van der Waals surface area (Å²) in [5.41, 5.74) is 5.39. The van der Waals surface area contributed by atoms with Crippen molar-refractivity contribution < 1.29 is 28.6 Å².